The molecule has 0 unspecified atom stereocenters. The SMILES string of the molecule is Cc1ccc(-c2oc(=O)c3ccccc3c2-c2c(O)ccc3cc(Br)ccc23)nc1. The standard InChI is InChI=1S/C25H16BrNO3/c1-14-6-10-20(27-13-14)24-23(18-4-2-3-5-19(18)25(29)30-24)22-17-9-8-16(26)12-15(17)7-11-21(22)28/h2-13,28H,1H3. The predicted molar refractivity (Wildman–Crippen MR) is 123 cm³/mol. The van der Waals surface area contributed by atoms with Gasteiger partial charge in [0.1, 0.15) is 11.4 Å². The summed E-state index contributed by atoms with van der Waals surface area (Å²) < 4.78 is 6.73. The van der Waals surface area contributed by atoms with E-state index in [-0.39, 0.29) is 5.75 Å². The number of aromatic nitrogens is 1. The molecule has 0 bridgehead atoms. The van der Waals surface area contributed by atoms with Crippen molar-refractivity contribution in [1.82, 2.24) is 4.98 Å². The Labute approximate surface area is 180 Å². The Morgan fingerprint density at radius 1 is 0.900 bits per heavy atom. The highest BCUT2D eigenvalue weighted by atomic mass is 79.9. The Morgan fingerprint density at radius 3 is 2.47 bits per heavy atom. The molecule has 0 radical (unpaired) electrons. The van der Waals surface area contributed by atoms with Crippen LogP contribution in [0.4, 0.5) is 0 Å². The first-order valence-corrected chi connectivity index (χ1v) is 10.2. The molecule has 0 spiro atoms. The first-order valence-electron chi connectivity index (χ1n) is 9.43. The van der Waals surface area contributed by atoms with Gasteiger partial charge in [-0.2, -0.15) is 0 Å². The van der Waals surface area contributed by atoms with Crippen LogP contribution in [-0.4, -0.2) is 10.1 Å². The third kappa shape index (κ3) is 2.99. The lowest BCUT2D eigenvalue weighted by Crippen LogP contribution is -2.04. The molecule has 3 aromatic carbocycles. The van der Waals surface area contributed by atoms with E-state index in [1.54, 1.807) is 24.4 Å². The van der Waals surface area contributed by atoms with E-state index in [0.29, 0.717) is 33.4 Å². The molecule has 0 saturated heterocycles. The largest absolute Gasteiger partial charge is 0.507 e. The molecule has 0 aliphatic heterocycles. The van der Waals surface area contributed by atoms with Crippen LogP contribution in [0.25, 0.3) is 44.1 Å². The van der Waals surface area contributed by atoms with E-state index >= 15 is 0 Å². The average Bonchev–Trinajstić information content (AvgIpc) is 2.75. The number of fused-ring (bicyclic) bond motifs is 2. The molecule has 2 heterocycles. The molecule has 0 amide bonds. The topological polar surface area (TPSA) is 63.3 Å². The first kappa shape index (κ1) is 18.6. The molecule has 1 N–H and O–H groups in total. The lowest BCUT2D eigenvalue weighted by atomic mass is 9.92. The molecular weight excluding hydrogens is 442 g/mol. The summed E-state index contributed by atoms with van der Waals surface area (Å²) in [7, 11) is 0. The lowest BCUT2D eigenvalue weighted by Gasteiger charge is -2.15. The molecule has 4 nitrogen and oxygen atoms in total. The number of nitrogens with zero attached hydrogens (tertiary/aromatic N) is 1. The van der Waals surface area contributed by atoms with Gasteiger partial charge in [0.05, 0.1) is 5.39 Å². The van der Waals surface area contributed by atoms with Crippen LogP contribution in [0.15, 0.2) is 86.6 Å². The molecule has 0 aliphatic carbocycles. The van der Waals surface area contributed by atoms with Crippen molar-refractivity contribution in [3.63, 3.8) is 0 Å². The molecule has 5 rings (SSSR count). The number of hydrogen-bond donors (Lipinski definition) is 1. The zero-order valence-electron chi connectivity index (χ0n) is 16.0. The maximum Gasteiger partial charge on any atom is 0.344 e. The van der Waals surface area contributed by atoms with Crippen molar-refractivity contribution in [3.8, 4) is 28.3 Å². The first-order chi connectivity index (χ1) is 14.5. The number of phenols is 1. The minimum absolute atomic E-state index is 0.109. The van der Waals surface area contributed by atoms with Crippen LogP contribution in [0.1, 0.15) is 5.56 Å². The molecule has 0 atom stereocenters. The number of benzene rings is 3. The minimum atomic E-state index is -0.436. The molecule has 0 saturated carbocycles. The molecule has 5 aromatic rings. The average molecular weight is 458 g/mol. The zero-order valence-corrected chi connectivity index (χ0v) is 17.6. The van der Waals surface area contributed by atoms with Gasteiger partial charge in [-0.15, -0.1) is 0 Å². The summed E-state index contributed by atoms with van der Waals surface area (Å²) in [5, 5.41) is 13.9. The highest BCUT2D eigenvalue weighted by molar-refractivity contribution is 9.10. The molecule has 0 fully saturated rings. The van der Waals surface area contributed by atoms with E-state index in [1.807, 2.05) is 55.5 Å². The van der Waals surface area contributed by atoms with Crippen LogP contribution in [0.5, 0.6) is 5.75 Å². The van der Waals surface area contributed by atoms with Crippen molar-refractivity contribution in [2.24, 2.45) is 0 Å². The highest BCUT2D eigenvalue weighted by Crippen LogP contribution is 2.44. The fraction of sp³-hybridized carbons (Fsp3) is 0.0400. The summed E-state index contributed by atoms with van der Waals surface area (Å²) in [4.78, 5) is 17.2. The number of rotatable bonds is 2. The molecule has 30 heavy (non-hydrogen) atoms. The van der Waals surface area contributed by atoms with Gasteiger partial charge < -0.3 is 9.52 Å². The number of aromatic hydroxyl groups is 1. The summed E-state index contributed by atoms with van der Waals surface area (Å²) in [5.74, 6) is 0.446. The van der Waals surface area contributed by atoms with Crippen LogP contribution >= 0.6 is 15.9 Å². The minimum Gasteiger partial charge on any atom is -0.507 e. The second-order valence-corrected chi connectivity index (χ2v) is 8.10. The highest BCUT2D eigenvalue weighted by Gasteiger charge is 2.22. The summed E-state index contributed by atoms with van der Waals surface area (Å²) in [6, 6.07) is 20.4. The van der Waals surface area contributed by atoms with E-state index in [9.17, 15) is 9.90 Å². The number of halogens is 1. The van der Waals surface area contributed by atoms with Gasteiger partial charge in [0.25, 0.3) is 0 Å². The van der Waals surface area contributed by atoms with E-state index in [0.717, 1.165) is 20.8 Å². The Kier molecular flexibility index (Phi) is 4.40. The lowest BCUT2D eigenvalue weighted by molar-refractivity contribution is 0.477. The third-order valence-corrected chi connectivity index (χ3v) is 5.69. The molecule has 5 heteroatoms. The molecule has 2 aromatic heterocycles. The fourth-order valence-corrected chi connectivity index (χ4v) is 4.16. The summed E-state index contributed by atoms with van der Waals surface area (Å²) in [6.07, 6.45) is 1.73. The quantitative estimate of drug-likeness (QED) is 0.330. The summed E-state index contributed by atoms with van der Waals surface area (Å²) in [6.45, 7) is 1.95. The van der Waals surface area contributed by atoms with Crippen molar-refractivity contribution < 1.29 is 9.52 Å². The van der Waals surface area contributed by atoms with Crippen molar-refractivity contribution in [1.29, 1.82) is 0 Å². The van der Waals surface area contributed by atoms with E-state index in [1.165, 1.54) is 0 Å². The van der Waals surface area contributed by atoms with Crippen LogP contribution in [0.2, 0.25) is 0 Å². The van der Waals surface area contributed by atoms with Gasteiger partial charge in [-0.05, 0) is 53.6 Å². The van der Waals surface area contributed by atoms with Gasteiger partial charge in [0, 0.05) is 27.2 Å². The van der Waals surface area contributed by atoms with Crippen LogP contribution in [0, 0.1) is 6.92 Å². The maximum atomic E-state index is 12.8. The Morgan fingerprint density at radius 2 is 1.70 bits per heavy atom. The maximum absolute atomic E-state index is 12.8. The van der Waals surface area contributed by atoms with Crippen LogP contribution < -0.4 is 5.63 Å². The number of phenolic OH excluding ortho intramolecular Hbond substituents is 1. The van der Waals surface area contributed by atoms with Gasteiger partial charge in [0.2, 0.25) is 0 Å². The van der Waals surface area contributed by atoms with Crippen LogP contribution in [-0.2, 0) is 0 Å². The van der Waals surface area contributed by atoms with E-state index in [4.69, 9.17) is 4.42 Å². The summed E-state index contributed by atoms with van der Waals surface area (Å²) in [5.41, 5.74) is 2.35. The zero-order chi connectivity index (χ0) is 20.8. The van der Waals surface area contributed by atoms with Crippen LogP contribution in [0.3, 0.4) is 0 Å². The fourth-order valence-electron chi connectivity index (χ4n) is 3.78. The normalized spacial score (nSPS) is 11.3. The Balaban J connectivity index is 1.99. The molecule has 0 aliphatic rings. The molecular formula is C25H16BrNO3. The number of pyridine rings is 1. The number of aryl methyl sites for hydroxylation is 1. The Hall–Kier alpha value is -3.44. The van der Waals surface area contributed by atoms with Gasteiger partial charge in [0.15, 0.2) is 5.76 Å². The van der Waals surface area contributed by atoms with Gasteiger partial charge in [-0.1, -0.05) is 52.3 Å². The van der Waals surface area contributed by atoms with Gasteiger partial charge in [-0.3, -0.25) is 4.98 Å². The van der Waals surface area contributed by atoms with Gasteiger partial charge in [-0.25, -0.2) is 4.79 Å². The summed E-state index contributed by atoms with van der Waals surface area (Å²) >= 11 is 3.51. The smallest absolute Gasteiger partial charge is 0.344 e. The number of hydrogen-bond acceptors (Lipinski definition) is 4. The third-order valence-electron chi connectivity index (χ3n) is 5.19. The van der Waals surface area contributed by atoms with E-state index in [2.05, 4.69) is 20.9 Å². The van der Waals surface area contributed by atoms with Crippen molar-refractivity contribution in [3.05, 3.63) is 93.4 Å². The predicted octanol–water partition coefficient (Wildman–Crippen LogP) is 6.45. The van der Waals surface area contributed by atoms with Gasteiger partial charge >= 0.3 is 5.63 Å². The second-order valence-electron chi connectivity index (χ2n) is 7.19. The molecule has 146 valence electrons. The Bertz CT molecular complexity index is 1490. The van der Waals surface area contributed by atoms with E-state index < -0.39 is 5.63 Å². The monoisotopic (exact) mass is 457 g/mol. The second kappa shape index (κ2) is 7.11. The van der Waals surface area contributed by atoms with Crippen molar-refractivity contribution in [2.45, 2.75) is 6.92 Å². The van der Waals surface area contributed by atoms with Crippen molar-refractivity contribution >= 4 is 37.5 Å². The van der Waals surface area contributed by atoms with Crippen molar-refractivity contribution in [2.75, 3.05) is 0 Å².